The van der Waals surface area contributed by atoms with Crippen molar-refractivity contribution in [3.05, 3.63) is 108 Å². The Kier molecular flexibility index (Phi) is 10.2. The Morgan fingerprint density at radius 3 is 1.52 bits per heavy atom. The average Bonchev–Trinajstić information content (AvgIpc) is 3.07. The molecule has 0 unspecified atom stereocenters. The number of fused-ring (bicyclic) bond motifs is 2. The fourth-order valence-electron chi connectivity index (χ4n) is 4.89. The zero-order valence-corrected chi connectivity index (χ0v) is 24.7. The highest BCUT2D eigenvalue weighted by Gasteiger charge is 2.27. The first kappa shape index (κ1) is 30.2. The van der Waals surface area contributed by atoms with E-state index in [9.17, 15) is 9.59 Å². The van der Waals surface area contributed by atoms with E-state index in [-0.39, 0.29) is 30.1 Å². The number of carbonyl (C=O) groups is 2. The first-order valence-corrected chi connectivity index (χ1v) is 14.4. The summed E-state index contributed by atoms with van der Waals surface area (Å²) in [4.78, 5) is 25.4. The monoisotopic (exact) mass is 594 g/mol. The molecule has 0 spiro atoms. The molecule has 8 heteroatoms. The number of hydrogen-bond donors (Lipinski definition) is 0. The van der Waals surface area contributed by atoms with Gasteiger partial charge < -0.3 is 28.4 Å². The predicted molar refractivity (Wildman–Crippen MR) is 168 cm³/mol. The number of rotatable bonds is 14. The van der Waals surface area contributed by atoms with Crippen molar-refractivity contribution in [1.29, 1.82) is 0 Å². The van der Waals surface area contributed by atoms with Crippen LogP contribution in [0.1, 0.15) is 33.6 Å². The van der Waals surface area contributed by atoms with Crippen molar-refractivity contribution in [2.45, 2.75) is 12.8 Å². The van der Waals surface area contributed by atoms with Crippen molar-refractivity contribution in [3.8, 4) is 23.0 Å². The second-order valence-corrected chi connectivity index (χ2v) is 9.85. The first-order chi connectivity index (χ1) is 21.6. The summed E-state index contributed by atoms with van der Waals surface area (Å²) in [5, 5.41) is 4.26. The predicted octanol–water partition coefficient (Wildman–Crippen LogP) is 7.26. The maximum Gasteiger partial charge on any atom is 0.342 e. The van der Waals surface area contributed by atoms with Gasteiger partial charge in [-0.05, 0) is 35.0 Å². The molecule has 5 rings (SSSR count). The summed E-state index contributed by atoms with van der Waals surface area (Å²) in [5.41, 5.74) is -0.0354. The van der Waals surface area contributed by atoms with Gasteiger partial charge in [0.05, 0.1) is 46.2 Å². The van der Waals surface area contributed by atoms with E-state index in [0.29, 0.717) is 31.8 Å². The molecule has 0 saturated carbocycles. The summed E-state index contributed by atoms with van der Waals surface area (Å²) < 4.78 is 34.1. The number of hydrogen-bond acceptors (Lipinski definition) is 8. The SMILES string of the molecule is COC(=O)c1ccc(OCCCOc2cccc3ccccc23)c(OCCCOc2cccc3ccccc23)c1C(=O)OC. The molecule has 0 radical (unpaired) electrons. The Labute approximate surface area is 256 Å². The molecule has 0 amide bonds. The van der Waals surface area contributed by atoms with Gasteiger partial charge in [-0.15, -0.1) is 0 Å². The maximum absolute atomic E-state index is 12.9. The van der Waals surface area contributed by atoms with Gasteiger partial charge in [-0.2, -0.15) is 0 Å². The molecule has 5 aromatic rings. The maximum atomic E-state index is 12.9. The van der Waals surface area contributed by atoms with E-state index in [2.05, 4.69) is 0 Å². The van der Waals surface area contributed by atoms with E-state index in [1.807, 2.05) is 84.9 Å². The van der Waals surface area contributed by atoms with Crippen molar-refractivity contribution in [2.24, 2.45) is 0 Å². The van der Waals surface area contributed by atoms with Crippen LogP contribution in [0.3, 0.4) is 0 Å². The Bertz CT molecular complexity index is 1740. The Balaban J connectivity index is 1.25. The van der Waals surface area contributed by atoms with Gasteiger partial charge in [0.15, 0.2) is 11.5 Å². The third kappa shape index (κ3) is 7.03. The molecule has 0 bridgehead atoms. The average molecular weight is 595 g/mol. The molecule has 0 heterocycles. The molecule has 0 saturated heterocycles. The first-order valence-electron chi connectivity index (χ1n) is 14.4. The van der Waals surface area contributed by atoms with Gasteiger partial charge in [-0.1, -0.05) is 72.8 Å². The van der Waals surface area contributed by atoms with Gasteiger partial charge in [0.1, 0.15) is 17.1 Å². The standard InChI is InChI=1S/C36H34O8/c1-39-35(37)29-19-20-32(43-23-9-21-41-30-17-7-13-25-11-3-5-15-27(25)30)34(33(29)36(38)40-2)44-24-10-22-42-31-18-8-14-26-12-4-6-16-28(26)31/h3-8,11-20H,9-10,21-24H2,1-2H3. The minimum Gasteiger partial charge on any atom is -0.493 e. The van der Waals surface area contributed by atoms with Crippen molar-refractivity contribution in [3.63, 3.8) is 0 Å². The van der Waals surface area contributed by atoms with E-state index >= 15 is 0 Å². The van der Waals surface area contributed by atoms with Crippen molar-refractivity contribution in [1.82, 2.24) is 0 Å². The molecule has 226 valence electrons. The molecule has 5 aromatic carbocycles. The number of carbonyl (C=O) groups excluding carboxylic acids is 2. The zero-order chi connectivity index (χ0) is 30.7. The van der Waals surface area contributed by atoms with E-state index in [0.717, 1.165) is 33.0 Å². The van der Waals surface area contributed by atoms with Crippen molar-refractivity contribution >= 4 is 33.5 Å². The smallest absolute Gasteiger partial charge is 0.342 e. The Hall–Kier alpha value is -5.24. The van der Waals surface area contributed by atoms with Gasteiger partial charge in [-0.25, -0.2) is 9.59 Å². The van der Waals surface area contributed by atoms with Gasteiger partial charge >= 0.3 is 11.9 Å². The van der Waals surface area contributed by atoms with Crippen LogP contribution in [0.4, 0.5) is 0 Å². The summed E-state index contributed by atoms with van der Waals surface area (Å²) in [7, 11) is 2.48. The number of esters is 2. The minimum absolute atomic E-state index is 0.0213. The fraction of sp³-hybridized carbons (Fsp3) is 0.222. The zero-order valence-electron chi connectivity index (χ0n) is 24.7. The summed E-state index contributed by atoms with van der Waals surface area (Å²) in [6.07, 6.45) is 1.07. The van der Waals surface area contributed by atoms with Crippen LogP contribution in [0.2, 0.25) is 0 Å². The van der Waals surface area contributed by atoms with E-state index in [1.54, 1.807) is 6.07 Å². The third-order valence-electron chi connectivity index (χ3n) is 7.01. The second-order valence-electron chi connectivity index (χ2n) is 9.85. The van der Waals surface area contributed by atoms with Crippen molar-refractivity contribution in [2.75, 3.05) is 40.6 Å². The van der Waals surface area contributed by atoms with E-state index in [4.69, 9.17) is 28.4 Å². The molecule has 0 aromatic heterocycles. The van der Waals surface area contributed by atoms with Crippen LogP contribution < -0.4 is 18.9 Å². The molecule has 8 nitrogen and oxygen atoms in total. The Morgan fingerprint density at radius 1 is 0.500 bits per heavy atom. The van der Waals surface area contributed by atoms with Crippen LogP contribution in [-0.2, 0) is 9.47 Å². The summed E-state index contributed by atoms with van der Waals surface area (Å²) in [5.74, 6) is 0.564. The van der Waals surface area contributed by atoms with E-state index < -0.39 is 11.9 Å². The van der Waals surface area contributed by atoms with Gasteiger partial charge in [0, 0.05) is 23.6 Å². The van der Waals surface area contributed by atoms with Crippen LogP contribution in [0.5, 0.6) is 23.0 Å². The van der Waals surface area contributed by atoms with Crippen molar-refractivity contribution < 1.29 is 38.0 Å². The van der Waals surface area contributed by atoms with Crippen LogP contribution >= 0.6 is 0 Å². The number of ether oxygens (including phenoxy) is 6. The molecule has 0 aliphatic heterocycles. The molecular weight excluding hydrogens is 560 g/mol. The lowest BCUT2D eigenvalue weighted by atomic mass is 10.1. The lowest BCUT2D eigenvalue weighted by Crippen LogP contribution is -2.16. The molecule has 0 aliphatic carbocycles. The van der Waals surface area contributed by atoms with Gasteiger partial charge in [0.2, 0.25) is 0 Å². The molecule has 0 atom stereocenters. The van der Waals surface area contributed by atoms with Gasteiger partial charge in [0.25, 0.3) is 0 Å². The lowest BCUT2D eigenvalue weighted by Gasteiger charge is -2.18. The van der Waals surface area contributed by atoms with Gasteiger partial charge in [-0.3, -0.25) is 0 Å². The topological polar surface area (TPSA) is 89.5 Å². The van der Waals surface area contributed by atoms with Crippen LogP contribution in [0, 0.1) is 0 Å². The third-order valence-corrected chi connectivity index (χ3v) is 7.01. The number of methoxy groups -OCH3 is 2. The minimum atomic E-state index is -0.739. The second kappa shape index (κ2) is 14.8. The summed E-state index contributed by atoms with van der Waals surface area (Å²) >= 11 is 0. The highest BCUT2D eigenvalue weighted by Crippen LogP contribution is 2.35. The fourth-order valence-corrected chi connectivity index (χ4v) is 4.89. The normalized spacial score (nSPS) is 10.8. The summed E-state index contributed by atoms with van der Waals surface area (Å²) in [6, 6.07) is 30.9. The molecular formula is C36H34O8. The van der Waals surface area contributed by atoms with Crippen LogP contribution in [-0.4, -0.2) is 52.6 Å². The molecule has 0 aliphatic rings. The van der Waals surface area contributed by atoms with E-state index in [1.165, 1.54) is 20.3 Å². The van der Waals surface area contributed by atoms with Crippen LogP contribution in [0.15, 0.2) is 97.1 Å². The molecule has 0 fully saturated rings. The quantitative estimate of drug-likeness (QED) is 0.0980. The largest absolute Gasteiger partial charge is 0.493 e. The number of benzene rings is 5. The molecule has 0 N–H and O–H groups in total. The Morgan fingerprint density at radius 2 is 0.977 bits per heavy atom. The highest BCUT2D eigenvalue weighted by atomic mass is 16.5. The molecule has 44 heavy (non-hydrogen) atoms. The van der Waals surface area contributed by atoms with Crippen LogP contribution in [0.25, 0.3) is 21.5 Å². The lowest BCUT2D eigenvalue weighted by molar-refractivity contribution is 0.0550. The highest BCUT2D eigenvalue weighted by molar-refractivity contribution is 6.05. The summed E-state index contributed by atoms with van der Waals surface area (Å²) in [6.45, 7) is 1.27.